The van der Waals surface area contributed by atoms with Crippen molar-refractivity contribution in [3.63, 3.8) is 0 Å². The lowest BCUT2D eigenvalue weighted by atomic mass is 10.2. The van der Waals surface area contributed by atoms with Gasteiger partial charge in [0.2, 0.25) is 0 Å². The highest BCUT2D eigenvalue weighted by atomic mass is 35.7. The molecule has 2 N–H and O–H groups in total. The van der Waals surface area contributed by atoms with E-state index in [1.165, 1.54) is 6.07 Å². The molecule has 0 saturated heterocycles. The van der Waals surface area contributed by atoms with Crippen LogP contribution in [0.25, 0.3) is 0 Å². The number of pyridine rings is 1. The van der Waals surface area contributed by atoms with Crippen LogP contribution < -0.4 is 5.73 Å². The molecule has 0 aromatic carbocycles. The number of nitriles is 1. The molecular formula is C7H4ClF2N3O2S. The summed E-state index contributed by atoms with van der Waals surface area (Å²) in [6, 6.07) is 2.15. The minimum atomic E-state index is -4.37. The number of nitrogen functional groups attached to an aromatic ring is 1. The molecule has 0 saturated carbocycles. The van der Waals surface area contributed by atoms with Crippen molar-refractivity contribution in [2.45, 2.75) is 11.5 Å². The van der Waals surface area contributed by atoms with E-state index in [0.717, 1.165) is 0 Å². The highest BCUT2D eigenvalue weighted by Crippen LogP contribution is 2.31. The molecule has 16 heavy (non-hydrogen) atoms. The lowest BCUT2D eigenvalue weighted by molar-refractivity contribution is 0.152. The second-order valence-corrected chi connectivity index (χ2v) is 5.15. The summed E-state index contributed by atoms with van der Waals surface area (Å²) in [4.78, 5) is 3.27. The predicted molar refractivity (Wildman–Crippen MR) is 51.4 cm³/mol. The van der Waals surface area contributed by atoms with Gasteiger partial charge < -0.3 is 5.73 Å². The SMILES string of the molecule is N#Cc1cc(C(F)F)c(N)c(S(=O)(=O)Cl)n1. The molecule has 0 radical (unpaired) electrons. The first-order chi connectivity index (χ1) is 7.27. The molecule has 1 heterocycles. The molecule has 0 fully saturated rings. The lowest BCUT2D eigenvalue weighted by Crippen LogP contribution is -2.07. The molecular weight excluding hydrogens is 264 g/mol. The van der Waals surface area contributed by atoms with E-state index >= 15 is 0 Å². The maximum Gasteiger partial charge on any atom is 0.280 e. The van der Waals surface area contributed by atoms with Crippen LogP contribution in [0.1, 0.15) is 17.7 Å². The third-order valence-electron chi connectivity index (χ3n) is 1.64. The summed E-state index contributed by atoms with van der Waals surface area (Å²) in [5.41, 5.74) is 3.15. The standard InChI is InChI=1S/C7H4ClF2N3O2S/c8-16(14,15)7-5(12)4(6(9)10)1-3(2-11)13-7/h1,6H,12H2. The summed E-state index contributed by atoms with van der Waals surface area (Å²) < 4.78 is 46.8. The largest absolute Gasteiger partial charge is 0.396 e. The number of nitrogens with zero attached hydrogens (tertiary/aromatic N) is 2. The van der Waals surface area contributed by atoms with Crippen LogP contribution >= 0.6 is 10.7 Å². The Morgan fingerprint density at radius 3 is 2.50 bits per heavy atom. The van der Waals surface area contributed by atoms with E-state index in [1.807, 2.05) is 0 Å². The van der Waals surface area contributed by atoms with Crippen molar-refractivity contribution in [2.75, 3.05) is 5.73 Å². The maximum atomic E-state index is 12.5. The Morgan fingerprint density at radius 1 is 1.56 bits per heavy atom. The third-order valence-corrected chi connectivity index (χ3v) is 2.85. The van der Waals surface area contributed by atoms with E-state index in [1.54, 1.807) is 0 Å². The zero-order chi connectivity index (χ0) is 12.5. The minimum Gasteiger partial charge on any atom is -0.396 e. The van der Waals surface area contributed by atoms with E-state index in [2.05, 4.69) is 4.98 Å². The summed E-state index contributed by atoms with van der Waals surface area (Å²) in [6.07, 6.45) is -3.02. The second kappa shape index (κ2) is 4.19. The fourth-order valence-corrected chi connectivity index (χ4v) is 1.91. The molecule has 5 nitrogen and oxygen atoms in total. The number of anilines is 1. The molecule has 0 unspecified atom stereocenters. The monoisotopic (exact) mass is 267 g/mol. The molecule has 0 aliphatic rings. The zero-order valence-corrected chi connectivity index (χ0v) is 9.06. The van der Waals surface area contributed by atoms with Gasteiger partial charge in [0, 0.05) is 16.2 Å². The Kier molecular flexibility index (Phi) is 3.30. The first-order valence-electron chi connectivity index (χ1n) is 3.70. The van der Waals surface area contributed by atoms with E-state index in [0.29, 0.717) is 6.07 Å². The van der Waals surface area contributed by atoms with Crippen LogP contribution in [0.15, 0.2) is 11.1 Å². The number of rotatable bonds is 2. The molecule has 0 aliphatic heterocycles. The van der Waals surface area contributed by atoms with Crippen molar-refractivity contribution in [1.82, 2.24) is 4.98 Å². The average molecular weight is 268 g/mol. The van der Waals surface area contributed by atoms with Gasteiger partial charge in [-0.05, 0) is 6.07 Å². The summed E-state index contributed by atoms with van der Waals surface area (Å²) in [7, 11) is 0.574. The predicted octanol–water partition coefficient (Wildman–Crippen LogP) is 1.40. The van der Waals surface area contributed by atoms with Crippen molar-refractivity contribution in [2.24, 2.45) is 0 Å². The molecule has 0 amide bonds. The van der Waals surface area contributed by atoms with Gasteiger partial charge in [0.25, 0.3) is 15.5 Å². The molecule has 0 spiro atoms. The van der Waals surface area contributed by atoms with E-state index < -0.39 is 37.4 Å². The summed E-state index contributed by atoms with van der Waals surface area (Å²) in [6.45, 7) is 0. The Labute approximate surface area is 93.9 Å². The Balaban J connectivity index is 3.65. The first-order valence-corrected chi connectivity index (χ1v) is 6.01. The van der Waals surface area contributed by atoms with Crippen molar-refractivity contribution in [1.29, 1.82) is 5.26 Å². The fraction of sp³-hybridized carbons (Fsp3) is 0.143. The normalized spacial score (nSPS) is 11.4. The first kappa shape index (κ1) is 12.6. The number of hydrogen-bond acceptors (Lipinski definition) is 5. The Morgan fingerprint density at radius 2 is 2.12 bits per heavy atom. The van der Waals surface area contributed by atoms with Gasteiger partial charge >= 0.3 is 0 Å². The van der Waals surface area contributed by atoms with E-state index in [9.17, 15) is 17.2 Å². The lowest BCUT2D eigenvalue weighted by Gasteiger charge is -2.07. The van der Waals surface area contributed by atoms with Crippen molar-refractivity contribution >= 4 is 25.4 Å². The second-order valence-electron chi connectivity index (χ2n) is 2.67. The highest BCUT2D eigenvalue weighted by molar-refractivity contribution is 8.13. The van der Waals surface area contributed by atoms with Gasteiger partial charge in [-0.15, -0.1) is 0 Å². The molecule has 0 aliphatic carbocycles. The summed E-state index contributed by atoms with van der Waals surface area (Å²) in [5, 5.41) is 7.56. The highest BCUT2D eigenvalue weighted by Gasteiger charge is 2.24. The Bertz CT molecular complexity index is 568. The van der Waals surface area contributed by atoms with Gasteiger partial charge in [-0.3, -0.25) is 0 Å². The molecule has 9 heteroatoms. The zero-order valence-electron chi connectivity index (χ0n) is 7.49. The smallest absolute Gasteiger partial charge is 0.280 e. The van der Waals surface area contributed by atoms with Gasteiger partial charge in [0.05, 0.1) is 5.69 Å². The number of hydrogen-bond donors (Lipinski definition) is 1. The van der Waals surface area contributed by atoms with Crippen LogP contribution in [0.3, 0.4) is 0 Å². The van der Waals surface area contributed by atoms with Crippen LogP contribution in [-0.4, -0.2) is 13.4 Å². The maximum absolute atomic E-state index is 12.5. The topological polar surface area (TPSA) is 96.8 Å². The van der Waals surface area contributed by atoms with Gasteiger partial charge in [0.15, 0.2) is 5.03 Å². The average Bonchev–Trinajstić information content (AvgIpc) is 2.15. The number of halogens is 3. The number of alkyl halides is 2. The molecule has 86 valence electrons. The van der Waals surface area contributed by atoms with Crippen LogP contribution in [-0.2, 0) is 9.05 Å². The van der Waals surface area contributed by atoms with Crippen molar-refractivity contribution < 1.29 is 17.2 Å². The third kappa shape index (κ3) is 2.37. The van der Waals surface area contributed by atoms with Crippen LogP contribution in [0.4, 0.5) is 14.5 Å². The van der Waals surface area contributed by atoms with Gasteiger partial charge in [-0.25, -0.2) is 22.2 Å². The fourth-order valence-electron chi connectivity index (χ4n) is 0.974. The van der Waals surface area contributed by atoms with E-state index in [4.69, 9.17) is 21.7 Å². The van der Waals surface area contributed by atoms with Gasteiger partial charge in [0.1, 0.15) is 11.8 Å². The number of aromatic nitrogens is 1. The van der Waals surface area contributed by atoms with Crippen molar-refractivity contribution in [3.05, 3.63) is 17.3 Å². The molecule has 0 atom stereocenters. The van der Waals surface area contributed by atoms with Crippen LogP contribution in [0.5, 0.6) is 0 Å². The molecule has 1 rings (SSSR count). The molecule has 1 aromatic heterocycles. The summed E-state index contributed by atoms with van der Waals surface area (Å²) >= 11 is 0. The Hall–Kier alpha value is -1.46. The number of nitrogens with two attached hydrogens (primary N) is 1. The van der Waals surface area contributed by atoms with Crippen molar-refractivity contribution in [3.8, 4) is 6.07 Å². The van der Waals surface area contributed by atoms with E-state index in [-0.39, 0.29) is 0 Å². The van der Waals surface area contributed by atoms with Gasteiger partial charge in [-0.2, -0.15) is 5.26 Å². The van der Waals surface area contributed by atoms with Crippen LogP contribution in [0, 0.1) is 11.3 Å². The quantitative estimate of drug-likeness (QED) is 0.817. The molecule has 0 bridgehead atoms. The summed E-state index contributed by atoms with van der Waals surface area (Å²) in [5.74, 6) is 0. The van der Waals surface area contributed by atoms with Gasteiger partial charge in [-0.1, -0.05) is 0 Å². The van der Waals surface area contributed by atoms with Crippen LogP contribution in [0.2, 0.25) is 0 Å². The molecule has 1 aromatic rings. The minimum absolute atomic E-state index is 0.497.